The van der Waals surface area contributed by atoms with E-state index in [2.05, 4.69) is 20.1 Å². The summed E-state index contributed by atoms with van der Waals surface area (Å²) in [5, 5.41) is 7.43. The first kappa shape index (κ1) is 25.1. The molecule has 1 amide bonds. The molecule has 4 heterocycles. The van der Waals surface area contributed by atoms with Crippen LogP contribution < -0.4 is 14.8 Å². The number of rotatable bonds is 6. The van der Waals surface area contributed by atoms with E-state index >= 15 is 0 Å². The number of carbonyl (C=O) groups is 1. The normalized spacial score (nSPS) is 22.4. The lowest BCUT2D eigenvalue weighted by Gasteiger charge is -2.29. The van der Waals surface area contributed by atoms with Crippen molar-refractivity contribution in [1.82, 2.24) is 20.1 Å². The SMILES string of the molecule is CC1(NC(=O)C2COc3c(-c4cccc(OC(F)F)c4)nn(-c4ccc(F)cn4)c3C2)CCS(=O)(=O)C1. The van der Waals surface area contributed by atoms with Crippen molar-refractivity contribution in [2.75, 3.05) is 18.1 Å². The Morgan fingerprint density at radius 1 is 1.30 bits per heavy atom. The van der Waals surface area contributed by atoms with Gasteiger partial charge in [-0.15, -0.1) is 0 Å². The van der Waals surface area contributed by atoms with Crippen LogP contribution in [0.3, 0.4) is 0 Å². The maximum absolute atomic E-state index is 13.5. The number of hydrogen-bond donors (Lipinski definition) is 1. The fourth-order valence-corrected chi connectivity index (χ4v) is 6.71. The average molecular weight is 537 g/mol. The van der Waals surface area contributed by atoms with Gasteiger partial charge < -0.3 is 14.8 Å². The molecule has 1 aromatic carbocycles. The summed E-state index contributed by atoms with van der Waals surface area (Å²) < 4.78 is 74.8. The minimum absolute atomic E-state index is 0.00950. The molecule has 2 unspecified atom stereocenters. The quantitative estimate of drug-likeness (QED) is 0.516. The number of nitrogens with one attached hydrogen (secondary N) is 1. The highest BCUT2D eigenvalue weighted by molar-refractivity contribution is 7.91. The van der Waals surface area contributed by atoms with Crippen molar-refractivity contribution in [1.29, 1.82) is 0 Å². The van der Waals surface area contributed by atoms with Gasteiger partial charge in [-0.3, -0.25) is 4.79 Å². The Morgan fingerprint density at radius 2 is 2.11 bits per heavy atom. The van der Waals surface area contributed by atoms with Crippen LogP contribution in [-0.4, -0.2) is 59.4 Å². The number of aromatic nitrogens is 3. The standard InChI is InChI=1S/C24H23F3N4O5S/c1-24(7-8-37(33,34)13-24)29-22(32)15-10-18-21(35-12-15)20(14-3-2-4-17(9-14)36-23(26)27)30-31(18)19-6-5-16(25)11-28-19/h2-6,9,11,15,23H,7-8,10,12-13H2,1H3,(H,29,32). The van der Waals surface area contributed by atoms with Crippen LogP contribution in [0.4, 0.5) is 13.2 Å². The molecule has 0 bridgehead atoms. The van der Waals surface area contributed by atoms with Crippen molar-refractivity contribution < 1.29 is 35.9 Å². The summed E-state index contributed by atoms with van der Waals surface area (Å²) in [6.45, 7) is -1.31. The molecular weight excluding hydrogens is 513 g/mol. The summed E-state index contributed by atoms with van der Waals surface area (Å²) in [7, 11) is -3.22. The molecule has 1 saturated heterocycles. The van der Waals surface area contributed by atoms with Crippen LogP contribution >= 0.6 is 0 Å². The van der Waals surface area contributed by atoms with Crippen LogP contribution in [0.25, 0.3) is 17.1 Å². The molecule has 2 aliphatic rings. The van der Waals surface area contributed by atoms with E-state index in [4.69, 9.17) is 4.74 Å². The van der Waals surface area contributed by atoms with Gasteiger partial charge in [0.25, 0.3) is 0 Å². The maximum Gasteiger partial charge on any atom is 0.387 e. The number of amides is 1. The summed E-state index contributed by atoms with van der Waals surface area (Å²) in [5.41, 5.74) is 0.353. The van der Waals surface area contributed by atoms with Crippen molar-refractivity contribution in [2.24, 2.45) is 5.92 Å². The van der Waals surface area contributed by atoms with Crippen LogP contribution in [0.15, 0.2) is 42.6 Å². The number of carbonyl (C=O) groups excluding carboxylic acids is 1. The molecule has 0 saturated carbocycles. The van der Waals surface area contributed by atoms with Gasteiger partial charge in [0.2, 0.25) is 5.91 Å². The lowest BCUT2D eigenvalue weighted by atomic mass is 9.95. The lowest BCUT2D eigenvalue weighted by Crippen LogP contribution is -2.51. The van der Waals surface area contributed by atoms with Crippen LogP contribution in [-0.2, 0) is 21.1 Å². The fraction of sp³-hybridized carbons (Fsp3) is 0.375. The van der Waals surface area contributed by atoms with E-state index < -0.39 is 33.7 Å². The first-order valence-electron chi connectivity index (χ1n) is 11.5. The topological polar surface area (TPSA) is 112 Å². The molecule has 37 heavy (non-hydrogen) atoms. The van der Waals surface area contributed by atoms with Crippen LogP contribution in [0.1, 0.15) is 19.0 Å². The Balaban J connectivity index is 1.49. The second-order valence-electron chi connectivity index (χ2n) is 9.38. The van der Waals surface area contributed by atoms with Gasteiger partial charge in [0.15, 0.2) is 21.4 Å². The van der Waals surface area contributed by atoms with Crippen molar-refractivity contribution in [3.05, 3.63) is 54.1 Å². The summed E-state index contributed by atoms with van der Waals surface area (Å²) in [6.07, 6.45) is 1.51. The van der Waals surface area contributed by atoms with Gasteiger partial charge in [-0.05, 0) is 37.6 Å². The third kappa shape index (κ3) is 5.26. The summed E-state index contributed by atoms with van der Waals surface area (Å²) in [4.78, 5) is 17.2. The van der Waals surface area contributed by atoms with E-state index in [-0.39, 0.29) is 42.0 Å². The molecule has 5 rings (SSSR count). The van der Waals surface area contributed by atoms with E-state index in [1.807, 2.05) is 0 Å². The molecule has 0 aliphatic carbocycles. The Morgan fingerprint density at radius 3 is 2.78 bits per heavy atom. The second-order valence-corrected chi connectivity index (χ2v) is 11.6. The van der Waals surface area contributed by atoms with Gasteiger partial charge >= 0.3 is 6.61 Å². The molecule has 0 spiro atoms. The number of benzene rings is 1. The van der Waals surface area contributed by atoms with Crippen molar-refractivity contribution in [2.45, 2.75) is 31.9 Å². The number of nitrogens with zero attached hydrogens (tertiary/aromatic N) is 3. The molecular formula is C24H23F3N4O5S. The highest BCUT2D eigenvalue weighted by Gasteiger charge is 2.42. The smallest absolute Gasteiger partial charge is 0.387 e. The summed E-state index contributed by atoms with van der Waals surface area (Å²) in [5.74, 6) is -1.16. The molecule has 3 aromatic rings. The monoisotopic (exact) mass is 536 g/mol. The van der Waals surface area contributed by atoms with Gasteiger partial charge in [0.05, 0.1) is 34.9 Å². The van der Waals surface area contributed by atoms with Crippen LogP contribution in [0.2, 0.25) is 0 Å². The second kappa shape index (κ2) is 9.36. The fourth-order valence-electron chi connectivity index (χ4n) is 4.61. The van der Waals surface area contributed by atoms with Crippen molar-refractivity contribution >= 4 is 15.7 Å². The van der Waals surface area contributed by atoms with Crippen molar-refractivity contribution in [3.8, 4) is 28.6 Å². The maximum atomic E-state index is 13.5. The Hall–Kier alpha value is -3.61. The Labute approximate surface area is 210 Å². The van der Waals surface area contributed by atoms with Crippen LogP contribution in [0, 0.1) is 11.7 Å². The molecule has 2 aliphatic heterocycles. The first-order chi connectivity index (χ1) is 17.5. The number of sulfone groups is 1. The number of alkyl halides is 2. The third-order valence-corrected chi connectivity index (χ3v) is 8.27. The van der Waals surface area contributed by atoms with Gasteiger partial charge in [-0.2, -0.15) is 13.9 Å². The average Bonchev–Trinajstić information content (AvgIpc) is 3.35. The zero-order valence-electron chi connectivity index (χ0n) is 19.7. The predicted molar refractivity (Wildman–Crippen MR) is 126 cm³/mol. The minimum atomic E-state index is -3.22. The Bertz CT molecular complexity index is 1450. The van der Waals surface area contributed by atoms with Gasteiger partial charge in [0.1, 0.15) is 23.9 Å². The van der Waals surface area contributed by atoms with E-state index in [9.17, 15) is 26.4 Å². The van der Waals surface area contributed by atoms with Gasteiger partial charge in [0, 0.05) is 12.0 Å². The predicted octanol–water partition coefficient (Wildman–Crippen LogP) is 2.92. The molecule has 196 valence electrons. The zero-order valence-corrected chi connectivity index (χ0v) is 20.5. The van der Waals surface area contributed by atoms with Crippen LogP contribution in [0.5, 0.6) is 11.5 Å². The van der Waals surface area contributed by atoms with Gasteiger partial charge in [-0.1, -0.05) is 12.1 Å². The van der Waals surface area contributed by atoms with Crippen molar-refractivity contribution in [3.63, 3.8) is 0 Å². The zero-order chi connectivity index (χ0) is 26.4. The van der Waals surface area contributed by atoms with E-state index in [0.29, 0.717) is 29.1 Å². The molecule has 1 fully saturated rings. The molecule has 0 radical (unpaired) electrons. The largest absolute Gasteiger partial charge is 0.488 e. The third-order valence-electron chi connectivity index (χ3n) is 6.36. The lowest BCUT2D eigenvalue weighted by molar-refractivity contribution is -0.127. The number of ether oxygens (including phenoxy) is 2. The molecule has 2 atom stereocenters. The van der Waals surface area contributed by atoms with E-state index in [1.165, 1.54) is 35.0 Å². The summed E-state index contributed by atoms with van der Waals surface area (Å²) >= 11 is 0. The summed E-state index contributed by atoms with van der Waals surface area (Å²) in [6, 6.07) is 8.57. The number of halogens is 3. The number of fused-ring (bicyclic) bond motifs is 1. The minimum Gasteiger partial charge on any atom is -0.488 e. The molecule has 13 heteroatoms. The molecule has 1 N–H and O–H groups in total. The number of hydrogen-bond acceptors (Lipinski definition) is 7. The Kier molecular flexibility index (Phi) is 6.34. The first-order valence-corrected chi connectivity index (χ1v) is 13.3. The number of pyridine rings is 1. The van der Waals surface area contributed by atoms with Gasteiger partial charge in [-0.25, -0.2) is 22.5 Å². The van der Waals surface area contributed by atoms with E-state index in [0.717, 1.165) is 6.20 Å². The molecule has 9 nitrogen and oxygen atoms in total. The highest BCUT2D eigenvalue weighted by Crippen LogP contribution is 2.39. The van der Waals surface area contributed by atoms with E-state index in [1.54, 1.807) is 13.0 Å². The molecule has 2 aromatic heterocycles. The highest BCUT2D eigenvalue weighted by atomic mass is 32.2.